The summed E-state index contributed by atoms with van der Waals surface area (Å²) < 4.78 is 5.32. The van der Waals surface area contributed by atoms with Gasteiger partial charge in [0.05, 0.1) is 6.42 Å². The number of hydrogen-bond acceptors (Lipinski definition) is 3. The number of carbonyl (C=O) groups is 2. The number of carbonyl (C=O) groups excluding carboxylic acids is 1. The zero-order valence-electron chi connectivity index (χ0n) is 11.1. The van der Waals surface area contributed by atoms with Crippen molar-refractivity contribution in [3.05, 3.63) is 0 Å². The molecule has 0 aromatic carbocycles. The standard InChI is InChI=1S/C13H23NO4/c1-2-3-4-8-18-10-12(15)14-7-5-6-11(14)9-13(16)17/h11H,2-10H2,1H3,(H,16,17). The van der Waals surface area contributed by atoms with Crippen LogP contribution in [0.3, 0.4) is 0 Å². The molecule has 0 aromatic rings. The summed E-state index contributed by atoms with van der Waals surface area (Å²) in [7, 11) is 0. The molecule has 1 N–H and O–H groups in total. The van der Waals surface area contributed by atoms with Gasteiger partial charge in [0.2, 0.25) is 5.91 Å². The van der Waals surface area contributed by atoms with E-state index in [2.05, 4.69) is 6.92 Å². The van der Waals surface area contributed by atoms with Gasteiger partial charge in [-0.3, -0.25) is 9.59 Å². The zero-order chi connectivity index (χ0) is 13.4. The maximum atomic E-state index is 11.9. The zero-order valence-corrected chi connectivity index (χ0v) is 11.1. The van der Waals surface area contributed by atoms with Gasteiger partial charge in [-0.25, -0.2) is 0 Å². The fourth-order valence-corrected chi connectivity index (χ4v) is 2.27. The predicted octanol–water partition coefficient (Wildman–Crippen LogP) is 1.66. The smallest absolute Gasteiger partial charge is 0.305 e. The summed E-state index contributed by atoms with van der Waals surface area (Å²) in [6.45, 7) is 3.47. The molecule has 1 fully saturated rings. The molecule has 0 aliphatic carbocycles. The van der Waals surface area contributed by atoms with E-state index in [0.29, 0.717) is 13.2 Å². The quantitative estimate of drug-likeness (QED) is 0.671. The van der Waals surface area contributed by atoms with Crippen molar-refractivity contribution < 1.29 is 19.4 Å². The number of aliphatic carboxylic acids is 1. The molecule has 0 bridgehead atoms. The Hall–Kier alpha value is -1.10. The largest absolute Gasteiger partial charge is 0.481 e. The van der Waals surface area contributed by atoms with Crippen LogP contribution < -0.4 is 0 Å². The minimum atomic E-state index is -0.844. The van der Waals surface area contributed by atoms with Gasteiger partial charge in [0.25, 0.3) is 0 Å². The number of nitrogens with zero attached hydrogens (tertiary/aromatic N) is 1. The first-order chi connectivity index (χ1) is 8.65. The number of hydrogen-bond donors (Lipinski definition) is 1. The molecule has 104 valence electrons. The van der Waals surface area contributed by atoms with Crippen LogP contribution in [0.2, 0.25) is 0 Å². The molecule has 1 amide bonds. The van der Waals surface area contributed by atoms with Crippen LogP contribution in [0.4, 0.5) is 0 Å². The van der Waals surface area contributed by atoms with Gasteiger partial charge in [-0.05, 0) is 19.3 Å². The van der Waals surface area contributed by atoms with Crippen LogP contribution in [-0.4, -0.2) is 47.7 Å². The molecular weight excluding hydrogens is 234 g/mol. The average Bonchev–Trinajstić information content (AvgIpc) is 2.76. The summed E-state index contributed by atoms with van der Waals surface area (Å²) in [5, 5.41) is 8.78. The highest BCUT2D eigenvalue weighted by Gasteiger charge is 2.30. The third-order valence-electron chi connectivity index (χ3n) is 3.23. The van der Waals surface area contributed by atoms with Crippen LogP contribution in [0.25, 0.3) is 0 Å². The van der Waals surface area contributed by atoms with Crippen LogP contribution in [0.15, 0.2) is 0 Å². The molecule has 0 saturated carbocycles. The lowest BCUT2D eigenvalue weighted by Gasteiger charge is -2.23. The summed E-state index contributed by atoms with van der Waals surface area (Å²) in [5.74, 6) is -0.918. The van der Waals surface area contributed by atoms with E-state index < -0.39 is 5.97 Å². The maximum absolute atomic E-state index is 11.9. The molecule has 1 unspecified atom stereocenters. The summed E-state index contributed by atoms with van der Waals surface area (Å²) in [5.41, 5.74) is 0. The fraction of sp³-hybridized carbons (Fsp3) is 0.846. The Kier molecular flexibility index (Phi) is 6.72. The molecular formula is C13H23NO4. The highest BCUT2D eigenvalue weighted by molar-refractivity contribution is 5.79. The number of likely N-dealkylation sites (tertiary alicyclic amines) is 1. The molecule has 1 atom stereocenters. The molecule has 0 spiro atoms. The highest BCUT2D eigenvalue weighted by Crippen LogP contribution is 2.20. The molecule has 0 radical (unpaired) electrons. The Morgan fingerprint density at radius 3 is 2.83 bits per heavy atom. The molecule has 5 heteroatoms. The summed E-state index contributed by atoms with van der Waals surface area (Å²) in [4.78, 5) is 24.2. The van der Waals surface area contributed by atoms with Crippen LogP contribution >= 0.6 is 0 Å². The lowest BCUT2D eigenvalue weighted by Crippen LogP contribution is -2.39. The van der Waals surface area contributed by atoms with Gasteiger partial charge in [-0.1, -0.05) is 19.8 Å². The van der Waals surface area contributed by atoms with Crippen LogP contribution in [0.5, 0.6) is 0 Å². The van der Waals surface area contributed by atoms with Crippen molar-refractivity contribution in [1.82, 2.24) is 4.90 Å². The Balaban J connectivity index is 2.25. The first-order valence-electron chi connectivity index (χ1n) is 6.74. The van der Waals surface area contributed by atoms with Gasteiger partial charge < -0.3 is 14.7 Å². The van der Waals surface area contributed by atoms with E-state index in [1.807, 2.05) is 0 Å². The number of carboxylic acids is 1. The first kappa shape index (κ1) is 15.0. The van der Waals surface area contributed by atoms with E-state index in [0.717, 1.165) is 32.1 Å². The van der Waals surface area contributed by atoms with E-state index in [1.165, 1.54) is 0 Å². The fourth-order valence-electron chi connectivity index (χ4n) is 2.27. The second kappa shape index (κ2) is 8.08. The van der Waals surface area contributed by atoms with E-state index in [1.54, 1.807) is 4.90 Å². The second-order valence-corrected chi connectivity index (χ2v) is 4.74. The molecule has 1 saturated heterocycles. The minimum Gasteiger partial charge on any atom is -0.481 e. The van der Waals surface area contributed by atoms with Crippen molar-refractivity contribution in [3.8, 4) is 0 Å². The number of amides is 1. The average molecular weight is 257 g/mol. The van der Waals surface area contributed by atoms with E-state index in [4.69, 9.17) is 9.84 Å². The second-order valence-electron chi connectivity index (χ2n) is 4.74. The molecule has 5 nitrogen and oxygen atoms in total. The summed E-state index contributed by atoms with van der Waals surface area (Å²) in [6, 6.07) is -0.144. The van der Waals surface area contributed by atoms with Crippen molar-refractivity contribution in [1.29, 1.82) is 0 Å². The normalized spacial score (nSPS) is 19.2. The van der Waals surface area contributed by atoms with Gasteiger partial charge in [0, 0.05) is 19.2 Å². The maximum Gasteiger partial charge on any atom is 0.305 e. The third-order valence-corrected chi connectivity index (χ3v) is 3.23. The molecule has 1 aliphatic rings. The van der Waals surface area contributed by atoms with Crippen molar-refractivity contribution in [2.24, 2.45) is 0 Å². The van der Waals surface area contributed by atoms with Crippen LogP contribution in [0, 0.1) is 0 Å². The van der Waals surface area contributed by atoms with Gasteiger partial charge in [0.1, 0.15) is 6.61 Å². The van der Waals surface area contributed by atoms with Gasteiger partial charge in [-0.15, -0.1) is 0 Å². The predicted molar refractivity (Wildman–Crippen MR) is 67.3 cm³/mol. The van der Waals surface area contributed by atoms with Crippen molar-refractivity contribution in [3.63, 3.8) is 0 Å². The lowest BCUT2D eigenvalue weighted by atomic mass is 10.1. The van der Waals surface area contributed by atoms with Crippen molar-refractivity contribution >= 4 is 11.9 Å². The summed E-state index contributed by atoms with van der Waals surface area (Å²) >= 11 is 0. The van der Waals surface area contributed by atoms with Crippen LogP contribution in [-0.2, 0) is 14.3 Å². The molecule has 0 aromatic heterocycles. The Morgan fingerprint density at radius 1 is 1.39 bits per heavy atom. The van der Waals surface area contributed by atoms with E-state index in [-0.39, 0.29) is 25.0 Å². The molecule has 18 heavy (non-hydrogen) atoms. The van der Waals surface area contributed by atoms with Gasteiger partial charge >= 0.3 is 5.97 Å². The minimum absolute atomic E-state index is 0.0432. The number of ether oxygens (including phenoxy) is 1. The van der Waals surface area contributed by atoms with Gasteiger partial charge in [-0.2, -0.15) is 0 Å². The van der Waals surface area contributed by atoms with Crippen LogP contribution in [0.1, 0.15) is 45.4 Å². The SMILES string of the molecule is CCCCCOCC(=O)N1CCCC1CC(=O)O. The van der Waals surface area contributed by atoms with Crippen molar-refractivity contribution in [2.45, 2.75) is 51.5 Å². The van der Waals surface area contributed by atoms with E-state index in [9.17, 15) is 9.59 Å². The topological polar surface area (TPSA) is 66.8 Å². The Bertz CT molecular complexity index is 280. The first-order valence-corrected chi connectivity index (χ1v) is 6.74. The monoisotopic (exact) mass is 257 g/mol. The number of carboxylic acid groups (broad SMARTS) is 1. The third kappa shape index (κ3) is 5.04. The number of unbranched alkanes of at least 4 members (excludes halogenated alkanes) is 2. The molecule has 1 rings (SSSR count). The highest BCUT2D eigenvalue weighted by atomic mass is 16.5. The van der Waals surface area contributed by atoms with E-state index >= 15 is 0 Å². The van der Waals surface area contributed by atoms with Crippen molar-refractivity contribution in [2.75, 3.05) is 19.8 Å². The summed E-state index contributed by atoms with van der Waals surface area (Å²) in [6.07, 6.45) is 4.93. The lowest BCUT2D eigenvalue weighted by molar-refractivity contribution is -0.141. The molecule has 1 aliphatic heterocycles. The Morgan fingerprint density at radius 2 is 2.17 bits per heavy atom. The number of rotatable bonds is 8. The van der Waals surface area contributed by atoms with Gasteiger partial charge in [0.15, 0.2) is 0 Å². The Labute approximate surface area is 108 Å². The molecule has 1 heterocycles.